The lowest BCUT2D eigenvalue weighted by Crippen LogP contribution is -2.46. The maximum atomic E-state index is 13.1. The van der Waals surface area contributed by atoms with Crippen LogP contribution in [0.4, 0.5) is 5.69 Å². The molecule has 9 heteroatoms. The third-order valence-electron chi connectivity index (χ3n) is 6.35. The third kappa shape index (κ3) is 7.33. The van der Waals surface area contributed by atoms with E-state index in [0.29, 0.717) is 22.7 Å². The molecule has 3 aromatic rings. The van der Waals surface area contributed by atoms with Crippen LogP contribution in [0.1, 0.15) is 42.3 Å². The van der Waals surface area contributed by atoms with Gasteiger partial charge in [0.05, 0.1) is 18.5 Å². The number of hydrogen-bond acceptors (Lipinski definition) is 7. The van der Waals surface area contributed by atoms with Crippen molar-refractivity contribution in [1.82, 2.24) is 15.2 Å². The Hall–Kier alpha value is -3.37. The molecule has 2 aromatic carbocycles. The SMILES string of the molecule is Cc1ccc(/C=N/NC(=O)c2scc(C)c2NC(=O)c2cccc(CN3CCN(CCO)CC3)c2)cc1. The molecular formula is C28H33N5O3S. The van der Waals surface area contributed by atoms with E-state index in [-0.39, 0.29) is 18.4 Å². The molecule has 37 heavy (non-hydrogen) atoms. The summed E-state index contributed by atoms with van der Waals surface area (Å²) < 4.78 is 0. The molecule has 1 aliphatic rings. The molecular weight excluding hydrogens is 486 g/mol. The van der Waals surface area contributed by atoms with Gasteiger partial charge >= 0.3 is 0 Å². The number of rotatable bonds is 9. The van der Waals surface area contributed by atoms with Crippen LogP contribution in [0.15, 0.2) is 59.0 Å². The number of aryl methyl sites for hydroxylation is 2. The van der Waals surface area contributed by atoms with Gasteiger partial charge in [-0.2, -0.15) is 5.10 Å². The lowest BCUT2D eigenvalue weighted by molar-refractivity contribution is 0.0960. The van der Waals surface area contributed by atoms with Gasteiger partial charge in [0.2, 0.25) is 0 Å². The molecule has 2 heterocycles. The molecule has 0 spiro atoms. The first-order chi connectivity index (χ1) is 17.9. The maximum absolute atomic E-state index is 13.1. The van der Waals surface area contributed by atoms with Crippen LogP contribution in [0.5, 0.6) is 0 Å². The highest BCUT2D eigenvalue weighted by molar-refractivity contribution is 7.13. The fourth-order valence-electron chi connectivity index (χ4n) is 4.20. The molecule has 1 aliphatic heterocycles. The van der Waals surface area contributed by atoms with E-state index in [2.05, 4.69) is 25.6 Å². The number of benzene rings is 2. The minimum absolute atomic E-state index is 0.185. The largest absolute Gasteiger partial charge is 0.395 e. The number of anilines is 1. The zero-order chi connectivity index (χ0) is 26.2. The molecule has 2 amide bonds. The number of piperazine rings is 1. The first-order valence-corrected chi connectivity index (χ1v) is 13.2. The average Bonchev–Trinajstić information content (AvgIpc) is 3.26. The normalized spacial score (nSPS) is 14.7. The Labute approximate surface area is 221 Å². The van der Waals surface area contributed by atoms with Crippen LogP contribution < -0.4 is 10.7 Å². The van der Waals surface area contributed by atoms with Crippen molar-refractivity contribution >= 4 is 35.1 Å². The van der Waals surface area contributed by atoms with E-state index in [9.17, 15) is 9.59 Å². The molecule has 1 aromatic heterocycles. The van der Waals surface area contributed by atoms with Crippen molar-refractivity contribution in [2.75, 3.05) is 44.6 Å². The van der Waals surface area contributed by atoms with Gasteiger partial charge in [-0.15, -0.1) is 11.3 Å². The Morgan fingerprint density at radius 2 is 1.76 bits per heavy atom. The van der Waals surface area contributed by atoms with Crippen LogP contribution in [0.3, 0.4) is 0 Å². The highest BCUT2D eigenvalue weighted by Gasteiger charge is 2.20. The van der Waals surface area contributed by atoms with Crippen molar-refractivity contribution in [3.63, 3.8) is 0 Å². The summed E-state index contributed by atoms with van der Waals surface area (Å²) in [5.41, 5.74) is 7.53. The van der Waals surface area contributed by atoms with Crippen LogP contribution in [0, 0.1) is 13.8 Å². The van der Waals surface area contributed by atoms with Crippen LogP contribution >= 0.6 is 11.3 Å². The quantitative estimate of drug-likeness (QED) is 0.297. The van der Waals surface area contributed by atoms with E-state index in [1.165, 1.54) is 11.3 Å². The summed E-state index contributed by atoms with van der Waals surface area (Å²) in [6.45, 7) is 9.25. The fraction of sp³-hybridized carbons (Fsp3) is 0.321. The maximum Gasteiger partial charge on any atom is 0.283 e. The van der Waals surface area contributed by atoms with Crippen LogP contribution in [-0.2, 0) is 6.54 Å². The van der Waals surface area contributed by atoms with Gasteiger partial charge in [-0.25, -0.2) is 5.43 Å². The number of hydrogen-bond donors (Lipinski definition) is 3. The molecule has 1 saturated heterocycles. The van der Waals surface area contributed by atoms with Crippen molar-refractivity contribution in [3.05, 3.63) is 86.6 Å². The zero-order valence-electron chi connectivity index (χ0n) is 21.2. The predicted molar refractivity (Wildman–Crippen MR) is 148 cm³/mol. The summed E-state index contributed by atoms with van der Waals surface area (Å²) in [4.78, 5) is 30.9. The number of aliphatic hydroxyl groups excluding tert-OH is 1. The summed E-state index contributed by atoms with van der Waals surface area (Å²) in [5, 5.41) is 18.0. The Kier molecular flexibility index (Phi) is 9.19. The lowest BCUT2D eigenvalue weighted by atomic mass is 10.1. The molecule has 0 atom stereocenters. The second-order valence-electron chi connectivity index (χ2n) is 9.23. The zero-order valence-corrected chi connectivity index (χ0v) is 22.1. The standard InChI is InChI=1S/C28H33N5O3S/c1-20-6-8-22(9-7-20)17-29-31-28(36)26-25(21(2)19-37-26)30-27(35)24-5-3-4-23(16-24)18-33-12-10-32(11-13-33)14-15-34/h3-9,16-17,19,34H,10-15,18H2,1-2H3,(H,30,35)(H,31,36)/b29-17+. The molecule has 0 saturated carbocycles. The van der Waals surface area contributed by atoms with Gasteiger partial charge in [0.25, 0.3) is 11.8 Å². The number of carbonyl (C=O) groups is 2. The smallest absolute Gasteiger partial charge is 0.283 e. The summed E-state index contributed by atoms with van der Waals surface area (Å²) >= 11 is 1.27. The molecule has 0 radical (unpaired) electrons. The molecule has 0 unspecified atom stereocenters. The minimum atomic E-state index is -0.370. The fourth-order valence-corrected chi connectivity index (χ4v) is 5.10. The summed E-state index contributed by atoms with van der Waals surface area (Å²) in [6.07, 6.45) is 1.59. The number of nitrogens with zero attached hydrogens (tertiary/aromatic N) is 3. The molecule has 1 fully saturated rings. The number of thiophene rings is 1. The molecule has 8 nitrogen and oxygen atoms in total. The molecule has 194 valence electrons. The van der Waals surface area contributed by atoms with Crippen molar-refractivity contribution in [1.29, 1.82) is 0 Å². The van der Waals surface area contributed by atoms with E-state index < -0.39 is 0 Å². The highest BCUT2D eigenvalue weighted by atomic mass is 32.1. The summed E-state index contributed by atoms with van der Waals surface area (Å²) in [5.74, 6) is -0.626. The number of hydrazone groups is 1. The molecule has 0 aliphatic carbocycles. The van der Waals surface area contributed by atoms with Crippen LogP contribution in [0.25, 0.3) is 0 Å². The summed E-state index contributed by atoms with van der Waals surface area (Å²) in [6, 6.07) is 15.4. The van der Waals surface area contributed by atoms with Gasteiger partial charge in [0.1, 0.15) is 4.88 Å². The van der Waals surface area contributed by atoms with Gasteiger partial charge in [-0.05, 0) is 48.1 Å². The monoisotopic (exact) mass is 519 g/mol. The van der Waals surface area contributed by atoms with E-state index >= 15 is 0 Å². The van der Waals surface area contributed by atoms with E-state index in [1.54, 1.807) is 12.3 Å². The lowest BCUT2D eigenvalue weighted by Gasteiger charge is -2.34. The van der Waals surface area contributed by atoms with E-state index in [0.717, 1.165) is 55.0 Å². The average molecular weight is 520 g/mol. The number of nitrogens with one attached hydrogen (secondary N) is 2. The van der Waals surface area contributed by atoms with Crippen molar-refractivity contribution in [2.24, 2.45) is 5.10 Å². The number of β-amino-alcohol motifs (C(OH)–C–C–N with tert-alkyl or cyclic N) is 1. The van der Waals surface area contributed by atoms with Crippen molar-refractivity contribution in [3.8, 4) is 0 Å². The first kappa shape index (κ1) is 26.7. The number of carbonyl (C=O) groups excluding carboxylic acids is 2. The third-order valence-corrected chi connectivity index (χ3v) is 7.45. The second-order valence-corrected chi connectivity index (χ2v) is 10.1. The van der Waals surface area contributed by atoms with Gasteiger partial charge in [0.15, 0.2) is 0 Å². The second kappa shape index (κ2) is 12.7. The Morgan fingerprint density at radius 1 is 1.03 bits per heavy atom. The number of aliphatic hydroxyl groups is 1. The van der Waals surface area contributed by atoms with Gasteiger partial charge in [-0.3, -0.25) is 19.4 Å². The Morgan fingerprint density at radius 3 is 2.49 bits per heavy atom. The molecule has 4 rings (SSSR count). The predicted octanol–water partition coefficient (Wildman–Crippen LogP) is 3.49. The van der Waals surface area contributed by atoms with Gasteiger partial charge in [0, 0.05) is 44.8 Å². The van der Waals surface area contributed by atoms with E-state index in [4.69, 9.17) is 5.11 Å². The van der Waals surface area contributed by atoms with Crippen molar-refractivity contribution < 1.29 is 14.7 Å². The van der Waals surface area contributed by atoms with Crippen LogP contribution in [-0.4, -0.2) is 72.3 Å². The Balaban J connectivity index is 1.37. The van der Waals surface area contributed by atoms with Gasteiger partial charge in [-0.1, -0.05) is 42.0 Å². The molecule has 3 N–H and O–H groups in total. The highest BCUT2D eigenvalue weighted by Crippen LogP contribution is 2.28. The van der Waals surface area contributed by atoms with Crippen molar-refractivity contribution in [2.45, 2.75) is 20.4 Å². The van der Waals surface area contributed by atoms with E-state index in [1.807, 2.05) is 61.7 Å². The van der Waals surface area contributed by atoms with Gasteiger partial charge < -0.3 is 10.4 Å². The summed E-state index contributed by atoms with van der Waals surface area (Å²) in [7, 11) is 0. The Bertz CT molecular complexity index is 1250. The number of amides is 2. The topological polar surface area (TPSA) is 97.3 Å². The van der Waals surface area contributed by atoms with Crippen LogP contribution in [0.2, 0.25) is 0 Å². The minimum Gasteiger partial charge on any atom is -0.395 e. The first-order valence-electron chi connectivity index (χ1n) is 12.4. The molecule has 0 bridgehead atoms.